The van der Waals surface area contributed by atoms with Crippen LogP contribution in [0, 0.1) is 0 Å². The van der Waals surface area contributed by atoms with Gasteiger partial charge in [-0.2, -0.15) is 9.78 Å². The van der Waals surface area contributed by atoms with Gasteiger partial charge in [0, 0.05) is 18.0 Å². The summed E-state index contributed by atoms with van der Waals surface area (Å²) in [6.07, 6.45) is 6.05. The molecule has 0 radical (unpaired) electrons. The molecule has 25 heavy (non-hydrogen) atoms. The van der Waals surface area contributed by atoms with Gasteiger partial charge in [-0.25, -0.2) is 10.1 Å². The fraction of sp³-hybridized carbons (Fsp3) is 0.214. The Morgan fingerprint density at radius 1 is 1.48 bits per heavy atom. The van der Waals surface area contributed by atoms with Gasteiger partial charge in [-0.1, -0.05) is 24.6 Å². The zero-order chi connectivity index (χ0) is 17.6. The number of hydrogen-bond donors (Lipinski definition) is 2. The summed E-state index contributed by atoms with van der Waals surface area (Å²) < 4.78 is 5.92. The first-order valence-corrected chi connectivity index (χ1v) is 7.47. The van der Waals surface area contributed by atoms with Crippen molar-refractivity contribution in [2.24, 2.45) is 5.10 Å². The van der Waals surface area contributed by atoms with E-state index in [9.17, 15) is 4.79 Å². The van der Waals surface area contributed by atoms with Gasteiger partial charge in [-0.15, -0.1) is 5.10 Å². The molecule has 0 aliphatic carbocycles. The Bertz CT molecular complexity index is 885. The highest BCUT2D eigenvalue weighted by Gasteiger charge is 2.23. The Balaban J connectivity index is 1.82. The molecule has 0 saturated heterocycles. The van der Waals surface area contributed by atoms with Gasteiger partial charge in [0.05, 0.1) is 11.9 Å². The molecule has 0 aliphatic rings. The van der Waals surface area contributed by atoms with Crippen molar-refractivity contribution in [3.63, 3.8) is 0 Å². The van der Waals surface area contributed by atoms with Gasteiger partial charge in [0.15, 0.2) is 5.69 Å². The molecule has 11 heteroatoms. The molecule has 1 amide bonds. The van der Waals surface area contributed by atoms with Crippen LogP contribution in [0.15, 0.2) is 34.3 Å². The fourth-order valence-electron chi connectivity index (χ4n) is 2.12. The maximum atomic E-state index is 12.4. The molecule has 0 aliphatic heterocycles. The van der Waals surface area contributed by atoms with Crippen LogP contribution < -0.4 is 11.2 Å². The Kier molecular flexibility index (Phi) is 4.74. The largest absolute Gasteiger partial charge is 0.378 e. The monoisotopic (exact) mass is 341 g/mol. The molecular formula is C14H15N9O2. The number of nitrogens with two attached hydrogens (primary N) is 1. The van der Waals surface area contributed by atoms with Crippen molar-refractivity contribution in [2.45, 2.75) is 19.8 Å². The molecule has 0 unspecified atom stereocenters. The van der Waals surface area contributed by atoms with Crippen molar-refractivity contribution in [1.29, 1.82) is 0 Å². The third-order valence-corrected chi connectivity index (χ3v) is 3.23. The molecule has 11 nitrogen and oxygen atoms in total. The second-order valence-corrected chi connectivity index (χ2v) is 5.01. The lowest BCUT2D eigenvalue weighted by atomic mass is 10.2. The minimum atomic E-state index is -0.495. The minimum Gasteiger partial charge on any atom is -0.378 e. The van der Waals surface area contributed by atoms with Crippen LogP contribution in [0.1, 0.15) is 35.1 Å². The number of hydrazone groups is 1. The average molecular weight is 341 g/mol. The molecule has 0 atom stereocenters. The summed E-state index contributed by atoms with van der Waals surface area (Å²) in [6, 6.07) is 3.58. The van der Waals surface area contributed by atoms with Crippen molar-refractivity contribution in [3.05, 3.63) is 41.5 Å². The maximum Gasteiger partial charge on any atom is 0.293 e. The third-order valence-electron chi connectivity index (χ3n) is 3.23. The van der Waals surface area contributed by atoms with E-state index in [2.05, 4.69) is 40.8 Å². The molecule has 3 heterocycles. The average Bonchev–Trinajstić information content (AvgIpc) is 3.22. The highest BCUT2D eigenvalue weighted by Crippen LogP contribution is 2.17. The van der Waals surface area contributed by atoms with E-state index in [1.807, 2.05) is 13.0 Å². The lowest BCUT2D eigenvalue weighted by Gasteiger charge is -2.03. The molecule has 0 saturated carbocycles. The van der Waals surface area contributed by atoms with Crippen LogP contribution in [0.3, 0.4) is 0 Å². The van der Waals surface area contributed by atoms with E-state index in [4.69, 9.17) is 5.73 Å². The zero-order valence-corrected chi connectivity index (χ0v) is 13.3. The number of carbonyl (C=O) groups excluding carboxylic acids is 1. The molecule has 3 N–H and O–H groups in total. The van der Waals surface area contributed by atoms with Crippen molar-refractivity contribution in [3.8, 4) is 5.82 Å². The topological polar surface area (TPSA) is 150 Å². The van der Waals surface area contributed by atoms with E-state index < -0.39 is 5.91 Å². The van der Waals surface area contributed by atoms with Crippen LogP contribution in [0.2, 0.25) is 0 Å². The Morgan fingerprint density at radius 2 is 2.36 bits per heavy atom. The van der Waals surface area contributed by atoms with Gasteiger partial charge in [0.1, 0.15) is 0 Å². The van der Waals surface area contributed by atoms with Crippen LogP contribution in [-0.2, 0) is 6.42 Å². The number of pyridine rings is 1. The van der Waals surface area contributed by atoms with Crippen LogP contribution in [-0.4, -0.2) is 42.4 Å². The third kappa shape index (κ3) is 3.49. The van der Waals surface area contributed by atoms with E-state index in [1.54, 1.807) is 18.5 Å². The van der Waals surface area contributed by atoms with Crippen molar-refractivity contribution in [2.75, 3.05) is 5.73 Å². The summed E-state index contributed by atoms with van der Waals surface area (Å²) in [5.74, 6) is -0.248. The maximum absolute atomic E-state index is 12.4. The SMILES string of the molecule is CCCc1c(C(=O)N/N=C/c2cccnc2)nnn1-c1nonc1N. The number of nitrogens with one attached hydrogen (secondary N) is 1. The van der Waals surface area contributed by atoms with Crippen LogP contribution >= 0.6 is 0 Å². The molecule has 0 bridgehead atoms. The second-order valence-electron chi connectivity index (χ2n) is 5.01. The molecule has 128 valence electrons. The highest BCUT2D eigenvalue weighted by atomic mass is 16.6. The standard InChI is InChI=1S/C14H15N9O2/c1-2-4-10-11(18-22-23(10)13-12(15)20-25-21-13)14(24)19-17-8-9-5-3-6-16-7-9/h3,5-8H,2,4H2,1H3,(H2,15,20)(H,19,24)/b17-8+. The Morgan fingerprint density at radius 3 is 3.04 bits per heavy atom. The summed E-state index contributed by atoms with van der Waals surface area (Å²) in [7, 11) is 0. The molecule has 3 rings (SSSR count). The molecule has 0 aromatic carbocycles. The smallest absolute Gasteiger partial charge is 0.293 e. The molecule has 0 fully saturated rings. The van der Waals surface area contributed by atoms with Crippen LogP contribution in [0.5, 0.6) is 0 Å². The van der Waals surface area contributed by atoms with E-state index >= 15 is 0 Å². The molecule has 0 spiro atoms. The molecule has 3 aromatic rings. The van der Waals surface area contributed by atoms with Gasteiger partial charge in [0.2, 0.25) is 11.6 Å². The van der Waals surface area contributed by atoms with Crippen molar-refractivity contribution < 1.29 is 9.42 Å². The predicted octanol–water partition coefficient (Wildman–Crippen LogP) is 0.344. The molecular weight excluding hydrogens is 326 g/mol. The number of rotatable bonds is 6. The summed E-state index contributed by atoms with van der Waals surface area (Å²) in [4.78, 5) is 16.3. The summed E-state index contributed by atoms with van der Waals surface area (Å²) in [5, 5.41) is 18.9. The first-order chi connectivity index (χ1) is 12.2. The van der Waals surface area contributed by atoms with Crippen LogP contribution in [0.4, 0.5) is 5.82 Å². The second kappa shape index (κ2) is 7.29. The van der Waals surface area contributed by atoms with Crippen LogP contribution in [0.25, 0.3) is 5.82 Å². The lowest BCUT2D eigenvalue weighted by Crippen LogP contribution is -2.20. The van der Waals surface area contributed by atoms with E-state index in [0.29, 0.717) is 12.1 Å². The van der Waals surface area contributed by atoms with E-state index in [0.717, 1.165) is 12.0 Å². The number of amides is 1. The summed E-state index contributed by atoms with van der Waals surface area (Å²) in [5.41, 5.74) is 9.52. The van der Waals surface area contributed by atoms with Gasteiger partial charge in [-0.05, 0) is 22.8 Å². The first kappa shape index (κ1) is 16.2. The fourth-order valence-corrected chi connectivity index (χ4v) is 2.12. The van der Waals surface area contributed by atoms with Gasteiger partial charge in [-0.3, -0.25) is 9.78 Å². The normalized spacial score (nSPS) is 11.1. The zero-order valence-electron chi connectivity index (χ0n) is 13.3. The van der Waals surface area contributed by atoms with Crippen molar-refractivity contribution >= 4 is 17.9 Å². The highest BCUT2D eigenvalue weighted by molar-refractivity contribution is 5.94. The van der Waals surface area contributed by atoms with Crippen molar-refractivity contribution in [1.82, 2.24) is 35.7 Å². The van der Waals surface area contributed by atoms with E-state index in [-0.39, 0.29) is 17.3 Å². The van der Waals surface area contributed by atoms with Gasteiger partial charge < -0.3 is 5.73 Å². The quantitative estimate of drug-likeness (QED) is 0.481. The number of aromatic nitrogens is 6. The number of nitrogens with zero attached hydrogens (tertiary/aromatic N) is 7. The molecule has 3 aromatic heterocycles. The van der Waals surface area contributed by atoms with E-state index in [1.165, 1.54) is 10.9 Å². The number of nitrogen functional groups attached to an aromatic ring is 1. The minimum absolute atomic E-state index is 0.0591. The lowest BCUT2D eigenvalue weighted by molar-refractivity contribution is 0.0949. The summed E-state index contributed by atoms with van der Waals surface area (Å²) in [6.45, 7) is 1.96. The summed E-state index contributed by atoms with van der Waals surface area (Å²) >= 11 is 0. The number of hydrogen-bond acceptors (Lipinski definition) is 9. The van der Waals surface area contributed by atoms with Gasteiger partial charge >= 0.3 is 0 Å². The Labute approximate surface area is 141 Å². The Hall–Kier alpha value is -3.63. The predicted molar refractivity (Wildman–Crippen MR) is 86.9 cm³/mol. The number of carbonyl (C=O) groups is 1. The van der Waals surface area contributed by atoms with Gasteiger partial charge in [0.25, 0.3) is 5.91 Å². The number of anilines is 1. The first-order valence-electron chi connectivity index (χ1n) is 7.47.